The normalized spacial score (nSPS) is 12.5. The van der Waals surface area contributed by atoms with Gasteiger partial charge in [-0.1, -0.05) is 35.9 Å². The Kier molecular flexibility index (Phi) is 4.55. The monoisotopic (exact) mass is 298 g/mol. The minimum Gasteiger partial charge on any atom is -0.508 e. The molecule has 0 unspecified atom stereocenters. The van der Waals surface area contributed by atoms with Gasteiger partial charge >= 0.3 is 5.97 Å². The van der Waals surface area contributed by atoms with Crippen molar-refractivity contribution in [1.82, 2.24) is 0 Å². The number of rotatable bonds is 3. The number of hydrogen-bond acceptors (Lipinski definition) is 3. The summed E-state index contributed by atoms with van der Waals surface area (Å²) in [6.07, 6.45) is 2.00. The van der Waals surface area contributed by atoms with Crippen LogP contribution in [-0.2, 0) is 16.0 Å². The number of fused-ring (bicyclic) bond motifs is 1. The van der Waals surface area contributed by atoms with Crippen LogP contribution in [0.15, 0.2) is 48.0 Å². The van der Waals surface area contributed by atoms with Gasteiger partial charge in [-0.25, -0.2) is 4.79 Å². The Morgan fingerprint density at radius 2 is 1.86 bits per heavy atom. The van der Waals surface area contributed by atoms with Crippen LogP contribution in [0, 0.1) is 0 Å². The first-order chi connectivity index (χ1) is 10.3. The lowest BCUT2D eigenvalue weighted by atomic mass is 9.98. The van der Waals surface area contributed by atoms with E-state index in [1.807, 2.05) is 58.0 Å². The minimum atomic E-state index is -0.505. The van der Waals surface area contributed by atoms with E-state index in [1.54, 1.807) is 6.07 Å². The molecule has 2 aromatic rings. The highest BCUT2D eigenvalue weighted by Crippen LogP contribution is 2.29. The lowest BCUT2D eigenvalue weighted by molar-refractivity contribution is -0.148. The Balaban J connectivity index is 2.27. The molecule has 116 valence electrons. The molecular formula is C19H22O3. The largest absolute Gasteiger partial charge is 0.508 e. The van der Waals surface area contributed by atoms with Crippen molar-refractivity contribution in [2.24, 2.45) is 0 Å². The number of allylic oxidation sites excluding steroid dienone is 1. The maximum Gasteiger partial charge on any atom is 0.331 e. The lowest BCUT2D eigenvalue weighted by Gasteiger charge is -2.18. The number of hydrogen-bond donors (Lipinski definition) is 1. The van der Waals surface area contributed by atoms with Gasteiger partial charge in [0.15, 0.2) is 0 Å². The van der Waals surface area contributed by atoms with Gasteiger partial charge in [0.1, 0.15) is 11.4 Å². The third kappa shape index (κ3) is 4.10. The number of benzene rings is 2. The molecule has 0 aromatic heterocycles. The Hall–Kier alpha value is -2.29. The number of aromatic hydroxyl groups is 1. The van der Waals surface area contributed by atoms with Crippen LogP contribution < -0.4 is 0 Å². The van der Waals surface area contributed by atoms with Crippen molar-refractivity contribution in [3.63, 3.8) is 0 Å². The second kappa shape index (κ2) is 6.22. The number of esters is 1. The molecule has 1 N–H and O–H groups in total. The van der Waals surface area contributed by atoms with Crippen molar-refractivity contribution in [2.45, 2.75) is 39.7 Å². The molecule has 0 spiro atoms. The third-order valence-corrected chi connectivity index (χ3v) is 3.24. The standard InChI is InChI=1S/C19H22O3/c1-13(12-18(21)22-19(2,3)4)11-16-15-8-6-5-7-14(15)9-10-17(16)20/h5-10,12,20H,11H2,1-4H3/b13-12-. The van der Waals surface area contributed by atoms with E-state index >= 15 is 0 Å². The van der Waals surface area contributed by atoms with E-state index in [0.29, 0.717) is 6.42 Å². The van der Waals surface area contributed by atoms with Crippen LogP contribution in [0.3, 0.4) is 0 Å². The summed E-state index contributed by atoms with van der Waals surface area (Å²) in [6, 6.07) is 11.5. The van der Waals surface area contributed by atoms with Gasteiger partial charge in [0.25, 0.3) is 0 Å². The summed E-state index contributed by atoms with van der Waals surface area (Å²) in [5.74, 6) is -0.111. The fourth-order valence-electron chi connectivity index (χ4n) is 2.37. The summed E-state index contributed by atoms with van der Waals surface area (Å²) in [5, 5.41) is 12.2. The van der Waals surface area contributed by atoms with E-state index in [9.17, 15) is 9.90 Å². The number of phenols is 1. The van der Waals surface area contributed by atoms with Gasteiger partial charge in [0.05, 0.1) is 0 Å². The molecule has 2 aromatic carbocycles. The van der Waals surface area contributed by atoms with Crippen LogP contribution in [0.4, 0.5) is 0 Å². The molecule has 0 aliphatic carbocycles. The molecular weight excluding hydrogens is 276 g/mol. The zero-order chi connectivity index (χ0) is 16.3. The number of carbonyl (C=O) groups excluding carboxylic acids is 1. The molecule has 22 heavy (non-hydrogen) atoms. The zero-order valence-electron chi connectivity index (χ0n) is 13.5. The fraction of sp³-hybridized carbons (Fsp3) is 0.316. The first kappa shape index (κ1) is 16.1. The first-order valence-corrected chi connectivity index (χ1v) is 7.36. The number of phenolic OH excluding ortho intramolecular Hbond substituents is 1. The maximum atomic E-state index is 11.8. The van der Waals surface area contributed by atoms with Crippen molar-refractivity contribution in [1.29, 1.82) is 0 Å². The molecule has 0 amide bonds. The molecule has 0 saturated carbocycles. The molecule has 0 aliphatic heterocycles. The van der Waals surface area contributed by atoms with Crippen molar-refractivity contribution in [3.8, 4) is 5.75 Å². The summed E-state index contributed by atoms with van der Waals surface area (Å²) in [4.78, 5) is 11.8. The smallest absolute Gasteiger partial charge is 0.331 e. The van der Waals surface area contributed by atoms with E-state index in [-0.39, 0.29) is 11.7 Å². The molecule has 0 bridgehead atoms. The van der Waals surface area contributed by atoms with E-state index < -0.39 is 5.60 Å². The summed E-state index contributed by atoms with van der Waals surface area (Å²) >= 11 is 0. The molecule has 0 atom stereocenters. The summed E-state index contributed by atoms with van der Waals surface area (Å²) in [6.45, 7) is 7.38. The van der Waals surface area contributed by atoms with Crippen LogP contribution in [0.25, 0.3) is 10.8 Å². The molecule has 3 heteroatoms. The average molecular weight is 298 g/mol. The van der Waals surface area contributed by atoms with Gasteiger partial charge in [0, 0.05) is 11.6 Å². The fourth-order valence-corrected chi connectivity index (χ4v) is 2.37. The van der Waals surface area contributed by atoms with Crippen LogP contribution in [0.2, 0.25) is 0 Å². The summed E-state index contributed by atoms with van der Waals surface area (Å²) in [5.41, 5.74) is 1.17. The molecule has 0 radical (unpaired) electrons. The highest BCUT2D eigenvalue weighted by molar-refractivity contribution is 5.88. The van der Waals surface area contributed by atoms with E-state index in [4.69, 9.17) is 4.74 Å². The van der Waals surface area contributed by atoms with Crippen molar-refractivity contribution >= 4 is 16.7 Å². The van der Waals surface area contributed by atoms with E-state index in [0.717, 1.165) is 21.9 Å². The Bertz CT molecular complexity index is 721. The summed E-state index contributed by atoms with van der Waals surface area (Å²) in [7, 11) is 0. The predicted octanol–water partition coefficient (Wildman–Crippen LogP) is 4.38. The van der Waals surface area contributed by atoms with Gasteiger partial charge in [0.2, 0.25) is 0 Å². The van der Waals surface area contributed by atoms with Gasteiger partial charge < -0.3 is 9.84 Å². The van der Waals surface area contributed by atoms with E-state index in [1.165, 1.54) is 6.08 Å². The number of ether oxygens (including phenoxy) is 1. The van der Waals surface area contributed by atoms with Crippen molar-refractivity contribution in [2.75, 3.05) is 0 Å². The second-order valence-corrected chi connectivity index (χ2v) is 6.49. The topological polar surface area (TPSA) is 46.5 Å². The van der Waals surface area contributed by atoms with Crippen molar-refractivity contribution < 1.29 is 14.6 Å². The Morgan fingerprint density at radius 1 is 1.18 bits per heavy atom. The highest BCUT2D eigenvalue weighted by Gasteiger charge is 2.15. The predicted molar refractivity (Wildman–Crippen MR) is 88.9 cm³/mol. The van der Waals surface area contributed by atoms with Crippen LogP contribution in [-0.4, -0.2) is 16.7 Å². The molecule has 0 fully saturated rings. The SMILES string of the molecule is C/C(=C/C(=O)OC(C)(C)C)Cc1c(O)ccc2ccccc12. The second-order valence-electron chi connectivity index (χ2n) is 6.49. The first-order valence-electron chi connectivity index (χ1n) is 7.36. The zero-order valence-corrected chi connectivity index (χ0v) is 13.5. The summed E-state index contributed by atoms with van der Waals surface area (Å²) < 4.78 is 5.29. The van der Waals surface area contributed by atoms with Gasteiger partial charge in [-0.15, -0.1) is 0 Å². The molecule has 3 nitrogen and oxygen atoms in total. The highest BCUT2D eigenvalue weighted by atomic mass is 16.6. The lowest BCUT2D eigenvalue weighted by Crippen LogP contribution is -2.22. The van der Waals surface area contributed by atoms with Crippen LogP contribution in [0.1, 0.15) is 33.3 Å². The van der Waals surface area contributed by atoms with Crippen LogP contribution >= 0.6 is 0 Å². The minimum absolute atomic E-state index is 0.246. The van der Waals surface area contributed by atoms with E-state index in [2.05, 4.69) is 0 Å². The Labute approximate surface area is 131 Å². The number of carbonyl (C=O) groups is 1. The van der Waals surface area contributed by atoms with Gasteiger partial charge in [-0.05, 0) is 51.0 Å². The maximum absolute atomic E-state index is 11.8. The Morgan fingerprint density at radius 3 is 2.55 bits per heavy atom. The molecule has 0 heterocycles. The molecule has 0 aliphatic rings. The van der Waals surface area contributed by atoms with Crippen molar-refractivity contribution in [3.05, 3.63) is 53.6 Å². The molecule has 2 rings (SSSR count). The quantitative estimate of drug-likeness (QED) is 0.676. The van der Waals surface area contributed by atoms with Gasteiger partial charge in [-0.3, -0.25) is 0 Å². The van der Waals surface area contributed by atoms with Crippen LogP contribution in [0.5, 0.6) is 5.75 Å². The third-order valence-electron chi connectivity index (χ3n) is 3.24. The molecule has 0 saturated heterocycles. The van der Waals surface area contributed by atoms with Gasteiger partial charge in [-0.2, -0.15) is 0 Å². The average Bonchev–Trinajstić information content (AvgIpc) is 2.39.